The van der Waals surface area contributed by atoms with E-state index in [0.717, 1.165) is 42.6 Å². The monoisotopic (exact) mass is 594 g/mol. The number of Topliss-reactive ketones (excluding diaryl/α,β-unsaturated/α-hetero) is 1. The Hall–Kier alpha value is -3.41. The Morgan fingerprint density at radius 3 is 2.33 bits per heavy atom. The number of nitrogens with zero attached hydrogens (tertiary/aromatic N) is 4. The predicted octanol–water partition coefficient (Wildman–Crippen LogP) is 4.50. The number of aliphatic hydroxyl groups is 1. The van der Waals surface area contributed by atoms with Crippen LogP contribution in [0.1, 0.15) is 56.2 Å². The van der Waals surface area contributed by atoms with Crippen molar-refractivity contribution in [1.29, 1.82) is 0 Å². The summed E-state index contributed by atoms with van der Waals surface area (Å²) in [4.78, 5) is 28.6. The molecule has 43 heavy (non-hydrogen) atoms. The number of carbonyl (C=O) groups excluding carboxylic acids is 1. The number of nitrogens with one attached hydrogen (secondary N) is 2. The summed E-state index contributed by atoms with van der Waals surface area (Å²) in [6.07, 6.45) is 6.42. The van der Waals surface area contributed by atoms with Crippen molar-refractivity contribution in [2.24, 2.45) is 5.92 Å². The third-order valence-corrected chi connectivity index (χ3v) is 9.44. The van der Waals surface area contributed by atoms with Crippen LogP contribution in [-0.2, 0) is 16.6 Å². The lowest BCUT2D eigenvalue weighted by Crippen LogP contribution is -2.61. The third kappa shape index (κ3) is 6.30. The van der Waals surface area contributed by atoms with E-state index in [0.29, 0.717) is 63.3 Å². The number of hydrogen-bond acceptors (Lipinski definition) is 8. The average molecular weight is 595 g/mol. The normalized spacial score (nSPS) is 26.9. The van der Waals surface area contributed by atoms with E-state index in [2.05, 4.69) is 25.6 Å². The van der Waals surface area contributed by atoms with Crippen LogP contribution < -0.4 is 15.5 Å². The molecule has 0 amide bonds. The summed E-state index contributed by atoms with van der Waals surface area (Å²) in [6.45, 7) is 2.27. The van der Waals surface area contributed by atoms with Gasteiger partial charge in [-0.05, 0) is 87.4 Å². The van der Waals surface area contributed by atoms with Gasteiger partial charge in [-0.3, -0.25) is 14.8 Å². The van der Waals surface area contributed by atoms with E-state index < -0.39 is 22.9 Å². The van der Waals surface area contributed by atoms with Gasteiger partial charge in [0.1, 0.15) is 11.4 Å². The smallest absolute Gasteiger partial charge is 0.384 e. The fraction of sp³-hybridized carbons (Fsp3) is 0.500. The van der Waals surface area contributed by atoms with Crippen molar-refractivity contribution in [3.63, 3.8) is 0 Å². The summed E-state index contributed by atoms with van der Waals surface area (Å²) < 4.78 is 39.6. The number of anilines is 1. The first-order chi connectivity index (χ1) is 20.7. The first-order valence-corrected chi connectivity index (χ1v) is 15.1. The quantitative estimate of drug-likeness (QED) is 0.368. The molecule has 3 aromatic rings. The van der Waals surface area contributed by atoms with Gasteiger partial charge in [0.15, 0.2) is 5.78 Å². The molecule has 1 atom stereocenters. The van der Waals surface area contributed by atoms with Gasteiger partial charge in [-0.1, -0.05) is 6.07 Å². The van der Waals surface area contributed by atoms with Crippen LogP contribution in [0.25, 0.3) is 11.1 Å². The molecule has 0 unspecified atom stereocenters. The van der Waals surface area contributed by atoms with E-state index in [1.165, 1.54) is 6.20 Å². The molecule has 5 heterocycles. The minimum absolute atomic E-state index is 0.0922. The largest absolute Gasteiger partial charge is 0.416 e. The fourth-order valence-electron chi connectivity index (χ4n) is 6.90. The van der Waals surface area contributed by atoms with Gasteiger partial charge in [-0.15, -0.1) is 0 Å². The Balaban J connectivity index is 1.06. The van der Waals surface area contributed by atoms with E-state index in [1.807, 2.05) is 29.2 Å². The molecule has 11 heteroatoms. The van der Waals surface area contributed by atoms with Crippen LogP contribution in [0.15, 0.2) is 61.2 Å². The highest BCUT2D eigenvalue weighted by molar-refractivity contribution is 5.91. The molecule has 2 saturated heterocycles. The van der Waals surface area contributed by atoms with Gasteiger partial charge in [0.25, 0.3) is 0 Å². The summed E-state index contributed by atoms with van der Waals surface area (Å²) >= 11 is 0. The number of carbonyl (C=O) groups is 1. The van der Waals surface area contributed by atoms with Crippen LogP contribution in [-0.4, -0.2) is 63.6 Å². The molecule has 0 aromatic carbocycles. The highest BCUT2D eigenvalue weighted by atomic mass is 19.4. The molecular formula is C32H37F3N6O2. The Labute approximate surface area is 249 Å². The number of ketones is 1. The third-order valence-electron chi connectivity index (χ3n) is 9.44. The van der Waals surface area contributed by atoms with Gasteiger partial charge < -0.3 is 20.6 Å². The average Bonchev–Trinajstić information content (AvgIpc) is 3.52. The molecule has 3 fully saturated rings. The van der Waals surface area contributed by atoms with Crippen molar-refractivity contribution in [3.8, 4) is 11.1 Å². The molecule has 1 aliphatic carbocycles. The van der Waals surface area contributed by atoms with Crippen molar-refractivity contribution in [3.05, 3.63) is 72.4 Å². The van der Waals surface area contributed by atoms with Crippen LogP contribution in [0.4, 0.5) is 19.0 Å². The van der Waals surface area contributed by atoms with E-state index in [9.17, 15) is 23.1 Å². The van der Waals surface area contributed by atoms with E-state index in [4.69, 9.17) is 0 Å². The zero-order chi connectivity index (χ0) is 30.1. The van der Waals surface area contributed by atoms with E-state index in [-0.39, 0.29) is 17.7 Å². The molecule has 3 N–H and O–H groups in total. The van der Waals surface area contributed by atoms with Gasteiger partial charge in [0.2, 0.25) is 0 Å². The summed E-state index contributed by atoms with van der Waals surface area (Å²) in [5.41, 5.74) is 0.256. The first kappa shape index (κ1) is 29.7. The predicted molar refractivity (Wildman–Crippen MR) is 156 cm³/mol. The SMILES string of the molecule is O=C(C1CCN(c2cc(C(F)(F)F)ccn2)CC1)[C@]1(NC2CCC(O)(c3ccc(-c4ccncc4)cn3)CC2)CCNC1. The maximum Gasteiger partial charge on any atom is 0.416 e. The number of rotatable bonds is 7. The standard InChI is InChI=1S/C32H37F3N6O2/c33-32(34,35)25-7-15-38-28(19-25)41-17-8-23(9-18-41)29(42)30(12-16-37-21-30)40-26-3-10-31(43,11-4-26)27-2-1-24(20-39-27)22-5-13-36-14-6-22/h1-2,5-7,13-15,19-20,23,26,37,40,43H,3-4,8-12,16-18,21H2/t26?,30-,31?/m0/s1. The lowest BCUT2D eigenvalue weighted by molar-refractivity contribution is -0.137. The van der Waals surface area contributed by atoms with Gasteiger partial charge >= 0.3 is 6.18 Å². The second-order valence-corrected chi connectivity index (χ2v) is 12.2. The fourth-order valence-corrected chi connectivity index (χ4v) is 6.90. The number of alkyl halides is 3. The minimum Gasteiger partial charge on any atom is -0.384 e. The summed E-state index contributed by atoms with van der Waals surface area (Å²) in [5, 5.41) is 18.6. The topological polar surface area (TPSA) is 103 Å². The molecule has 2 aliphatic heterocycles. The molecule has 0 bridgehead atoms. The Kier molecular flexibility index (Phi) is 8.23. The van der Waals surface area contributed by atoms with Gasteiger partial charge in [-0.2, -0.15) is 13.2 Å². The lowest BCUT2D eigenvalue weighted by Gasteiger charge is -2.42. The number of piperidine rings is 1. The van der Waals surface area contributed by atoms with Crippen LogP contribution in [0.2, 0.25) is 0 Å². The Bertz CT molecular complexity index is 1400. The Morgan fingerprint density at radius 1 is 0.953 bits per heavy atom. The maximum absolute atomic E-state index is 14.0. The molecule has 228 valence electrons. The van der Waals surface area contributed by atoms with E-state index >= 15 is 0 Å². The number of aromatic nitrogens is 3. The molecule has 0 radical (unpaired) electrons. The molecule has 3 aromatic heterocycles. The van der Waals surface area contributed by atoms with Crippen LogP contribution in [0.3, 0.4) is 0 Å². The zero-order valence-corrected chi connectivity index (χ0v) is 24.0. The number of pyridine rings is 3. The number of halogens is 3. The van der Waals surface area contributed by atoms with E-state index in [1.54, 1.807) is 18.6 Å². The van der Waals surface area contributed by atoms with Crippen molar-refractivity contribution < 1.29 is 23.1 Å². The minimum atomic E-state index is -4.42. The van der Waals surface area contributed by atoms with Gasteiger partial charge in [0.05, 0.1) is 16.8 Å². The Morgan fingerprint density at radius 2 is 1.70 bits per heavy atom. The zero-order valence-electron chi connectivity index (χ0n) is 24.0. The lowest BCUT2D eigenvalue weighted by atomic mass is 9.76. The molecular weight excluding hydrogens is 557 g/mol. The van der Waals surface area contributed by atoms with Crippen molar-refractivity contribution in [2.45, 2.75) is 68.3 Å². The van der Waals surface area contributed by atoms with Crippen LogP contribution >= 0.6 is 0 Å². The molecule has 6 rings (SSSR count). The summed E-state index contributed by atoms with van der Waals surface area (Å²) in [5.74, 6) is 0.314. The van der Waals surface area contributed by atoms with Crippen molar-refractivity contribution in [1.82, 2.24) is 25.6 Å². The highest BCUT2D eigenvalue weighted by Crippen LogP contribution is 2.39. The maximum atomic E-state index is 14.0. The second kappa shape index (κ2) is 11.9. The molecule has 0 spiro atoms. The van der Waals surface area contributed by atoms with Gasteiger partial charge in [0, 0.05) is 61.9 Å². The van der Waals surface area contributed by atoms with Gasteiger partial charge in [-0.25, -0.2) is 4.98 Å². The highest BCUT2D eigenvalue weighted by Gasteiger charge is 2.47. The number of hydrogen-bond donors (Lipinski definition) is 3. The molecule has 8 nitrogen and oxygen atoms in total. The molecule has 3 aliphatic rings. The van der Waals surface area contributed by atoms with Crippen LogP contribution in [0.5, 0.6) is 0 Å². The second-order valence-electron chi connectivity index (χ2n) is 12.2. The van der Waals surface area contributed by atoms with Crippen LogP contribution in [0, 0.1) is 5.92 Å². The molecule has 1 saturated carbocycles. The summed E-state index contributed by atoms with van der Waals surface area (Å²) in [7, 11) is 0. The van der Waals surface area contributed by atoms with Crippen molar-refractivity contribution in [2.75, 3.05) is 31.1 Å². The summed E-state index contributed by atoms with van der Waals surface area (Å²) in [6, 6.07) is 9.88. The van der Waals surface area contributed by atoms with Crippen molar-refractivity contribution >= 4 is 11.6 Å². The first-order valence-electron chi connectivity index (χ1n) is 15.1.